The number of benzene rings is 1. The van der Waals surface area contributed by atoms with Crippen LogP contribution in [0.4, 0.5) is 11.4 Å². The van der Waals surface area contributed by atoms with E-state index in [4.69, 9.17) is 22.4 Å². The molecule has 0 saturated carbocycles. The predicted octanol–water partition coefficient (Wildman–Crippen LogP) is 1.54. The summed E-state index contributed by atoms with van der Waals surface area (Å²) in [5, 5.41) is 19.0. The number of rotatable bonds is 1. The van der Waals surface area contributed by atoms with Gasteiger partial charge in [0.15, 0.2) is 10.8 Å². The molecule has 12 heavy (non-hydrogen) atoms. The zero-order valence-corrected chi connectivity index (χ0v) is 6.58. The van der Waals surface area contributed by atoms with Gasteiger partial charge in [0.05, 0.1) is 10.6 Å². The van der Waals surface area contributed by atoms with Crippen LogP contribution in [0.25, 0.3) is 0 Å². The Bertz CT molecular complexity index is 340. The second kappa shape index (κ2) is 2.86. The van der Waals surface area contributed by atoms with Gasteiger partial charge in [-0.15, -0.1) is 0 Å². The van der Waals surface area contributed by atoms with Crippen LogP contribution >= 0.6 is 11.6 Å². The summed E-state index contributed by atoms with van der Waals surface area (Å²) in [5.74, 6) is -0.453. The average molecular weight is 189 g/mol. The van der Waals surface area contributed by atoms with Crippen molar-refractivity contribution in [3.63, 3.8) is 0 Å². The number of nitrogens with zero attached hydrogens (tertiary/aromatic N) is 1. The maximum atomic E-state index is 10.3. The molecule has 3 N–H and O–H groups in total. The number of nitrogens with two attached hydrogens (primary N) is 1. The molecule has 1 aromatic rings. The summed E-state index contributed by atoms with van der Waals surface area (Å²) in [4.78, 5) is 9.56. The van der Waals surface area contributed by atoms with Crippen LogP contribution in [-0.4, -0.2) is 10.0 Å². The largest absolute Gasteiger partial charge is 0.504 e. The topological polar surface area (TPSA) is 89.4 Å². The first-order valence-corrected chi connectivity index (χ1v) is 3.33. The highest BCUT2D eigenvalue weighted by Crippen LogP contribution is 2.36. The number of halogens is 1. The lowest BCUT2D eigenvalue weighted by molar-refractivity contribution is -0.384. The van der Waals surface area contributed by atoms with Crippen LogP contribution in [0.5, 0.6) is 5.75 Å². The Balaban J connectivity index is 3.36. The normalized spacial score (nSPS) is 9.75. The first kappa shape index (κ1) is 8.61. The molecule has 0 aliphatic heterocycles. The van der Waals surface area contributed by atoms with Crippen LogP contribution in [0.15, 0.2) is 12.1 Å². The lowest BCUT2D eigenvalue weighted by Crippen LogP contribution is -1.92. The summed E-state index contributed by atoms with van der Waals surface area (Å²) in [6.45, 7) is 0. The highest BCUT2D eigenvalue weighted by Gasteiger charge is 2.17. The molecule has 64 valence electrons. The molecule has 0 bridgehead atoms. The molecule has 0 saturated heterocycles. The third-order valence-electron chi connectivity index (χ3n) is 1.32. The van der Waals surface area contributed by atoms with Crippen molar-refractivity contribution in [3.05, 3.63) is 27.3 Å². The summed E-state index contributed by atoms with van der Waals surface area (Å²) in [7, 11) is 0. The van der Waals surface area contributed by atoms with Gasteiger partial charge in [-0.3, -0.25) is 10.1 Å². The number of hydrogen-bond donors (Lipinski definition) is 2. The minimum atomic E-state index is -0.693. The monoisotopic (exact) mass is 188 g/mol. The minimum Gasteiger partial charge on any atom is -0.504 e. The van der Waals surface area contributed by atoms with E-state index >= 15 is 0 Å². The van der Waals surface area contributed by atoms with Crippen LogP contribution in [-0.2, 0) is 0 Å². The maximum Gasteiger partial charge on any atom is 0.291 e. The van der Waals surface area contributed by atoms with Crippen molar-refractivity contribution in [1.29, 1.82) is 0 Å². The number of phenolic OH excluding ortho intramolecular Hbond substituents is 1. The Labute approximate surface area is 72.5 Å². The number of nitrogen functional groups attached to an aromatic ring is 1. The first-order chi connectivity index (χ1) is 5.54. The standard InChI is InChI=1S/C6H5ClN2O3/c7-5-4(9(11)12)2-1-3(8)6(5)10/h1-2,10H,8H2. The molecule has 5 nitrogen and oxygen atoms in total. The Hall–Kier alpha value is -1.49. The van der Waals surface area contributed by atoms with E-state index in [0.717, 1.165) is 6.07 Å². The highest BCUT2D eigenvalue weighted by molar-refractivity contribution is 6.34. The molecule has 1 aromatic carbocycles. The first-order valence-electron chi connectivity index (χ1n) is 2.95. The van der Waals surface area contributed by atoms with Gasteiger partial charge in [-0.2, -0.15) is 0 Å². The summed E-state index contributed by atoms with van der Waals surface area (Å²) in [6.07, 6.45) is 0. The average Bonchev–Trinajstić information content (AvgIpc) is 2.00. The molecule has 0 aliphatic carbocycles. The van der Waals surface area contributed by atoms with Crippen molar-refractivity contribution < 1.29 is 10.0 Å². The third kappa shape index (κ3) is 1.26. The van der Waals surface area contributed by atoms with Gasteiger partial charge in [-0.1, -0.05) is 11.6 Å². The van der Waals surface area contributed by atoms with E-state index in [1.807, 2.05) is 0 Å². The third-order valence-corrected chi connectivity index (χ3v) is 1.70. The van der Waals surface area contributed by atoms with Gasteiger partial charge in [0.25, 0.3) is 5.69 Å². The number of aromatic hydroxyl groups is 1. The van der Waals surface area contributed by atoms with E-state index in [0.29, 0.717) is 0 Å². The number of phenols is 1. The van der Waals surface area contributed by atoms with Crippen molar-refractivity contribution in [3.8, 4) is 5.75 Å². The SMILES string of the molecule is Nc1ccc([N+](=O)[O-])c(Cl)c1O. The highest BCUT2D eigenvalue weighted by atomic mass is 35.5. The fraction of sp³-hybridized carbons (Fsp3) is 0. The zero-order chi connectivity index (χ0) is 9.30. The molecule has 0 aromatic heterocycles. The summed E-state index contributed by atoms with van der Waals surface area (Å²) in [6, 6.07) is 2.36. The van der Waals surface area contributed by atoms with E-state index in [1.54, 1.807) is 0 Å². The molecule has 0 amide bonds. The number of nitro groups is 1. The van der Waals surface area contributed by atoms with Gasteiger partial charge in [-0.25, -0.2) is 0 Å². The van der Waals surface area contributed by atoms with E-state index in [2.05, 4.69) is 0 Å². The molecule has 0 fully saturated rings. The van der Waals surface area contributed by atoms with E-state index in [-0.39, 0.29) is 16.4 Å². The summed E-state index contributed by atoms with van der Waals surface area (Å²) < 4.78 is 0. The Kier molecular flexibility index (Phi) is 2.05. The second-order valence-corrected chi connectivity index (χ2v) is 2.47. The molecular formula is C6H5ClN2O3. The van der Waals surface area contributed by atoms with Crippen LogP contribution in [0.3, 0.4) is 0 Å². The van der Waals surface area contributed by atoms with Gasteiger partial charge in [0, 0.05) is 6.07 Å². The fourth-order valence-corrected chi connectivity index (χ4v) is 0.951. The van der Waals surface area contributed by atoms with E-state index < -0.39 is 10.7 Å². The lowest BCUT2D eigenvalue weighted by atomic mass is 10.2. The lowest BCUT2D eigenvalue weighted by Gasteiger charge is -2.00. The van der Waals surface area contributed by atoms with Crippen molar-refractivity contribution in [1.82, 2.24) is 0 Å². The molecular weight excluding hydrogens is 184 g/mol. The Morgan fingerprint density at radius 3 is 2.67 bits per heavy atom. The zero-order valence-electron chi connectivity index (χ0n) is 5.82. The van der Waals surface area contributed by atoms with E-state index in [9.17, 15) is 10.1 Å². The van der Waals surface area contributed by atoms with Crippen LogP contribution in [0.2, 0.25) is 5.02 Å². The molecule has 0 atom stereocenters. The van der Waals surface area contributed by atoms with Crippen LogP contribution in [0.1, 0.15) is 0 Å². The molecule has 0 spiro atoms. The van der Waals surface area contributed by atoms with Crippen LogP contribution in [0, 0.1) is 10.1 Å². The molecule has 1 rings (SSSR count). The quantitative estimate of drug-likeness (QED) is 0.303. The van der Waals surface area contributed by atoms with Crippen LogP contribution < -0.4 is 5.73 Å². The number of nitro benzene ring substituents is 1. The second-order valence-electron chi connectivity index (χ2n) is 2.09. The molecule has 0 radical (unpaired) electrons. The van der Waals surface area contributed by atoms with Gasteiger partial charge >= 0.3 is 0 Å². The van der Waals surface area contributed by atoms with Crippen molar-refractivity contribution in [2.24, 2.45) is 0 Å². The van der Waals surface area contributed by atoms with E-state index in [1.165, 1.54) is 6.07 Å². The van der Waals surface area contributed by atoms with Crippen molar-refractivity contribution >= 4 is 23.0 Å². The molecule has 0 aliphatic rings. The van der Waals surface area contributed by atoms with Gasteiger partial charge in [0.1, 0.15) is 0 Å². The van der Waals surface area contributed by atoms with Crippen molar-refractivity contribution in [2.75, 3.05) is 5.73 Å². The van der Waals surface area contributed by atoms with Gasteiger partial charge in [-0.05, 0) is 6.07 Å². The molecule has 0 heterocycles. The van der Waals surface area contributed by atoms with Crippen molar-refractivity contribution in [2.45, 2.75) is 0 Å². The smallest absolute Gasteiger partial charge is 0.291 e. The summed E-state index contributed by atoms with van der Waals surface area (Å²) >= 11 is 5.42. The minimum absolute atomic E-state index is 0.0191. The van der Waals surface area contributed by atoms with Gasteiger partial charge < -0.3 is 10.8 Å². The predicted molar refractivity (Wildman–Crippen MR) is 44.2 cm³/mol. The maximum absolute atomic E-state index is 10.3. The fourth-order valence-electron chi connectivity index (χ4n) is 0.710. The Morgan fingerprint density at radius 1 is 1.58 bits per heavy atom. The molecule has 0 unspecified atom stereocenters. The molecule has 6 heteroatoms. The Morgan fingerprint density at radius 2 is 2.17 bits per heavy atom. The van der Waals surface area contributed by atoms with Gasteiger partial charge in [0.2, 0.25) is 0 Å². The number of hydrogen-bond acceptors (Lipinski definition) is 4. The number of anilines is 1. The summed E-state index contributed by atoms with van der Waals surface area (Å²) in [5.41, 5.74) is 4.89.